The largest absolute Gasteiger partial charge is 0.428 e. The number of allylic oxidation sites excluding steroid dienone is 2. The first kappa shape index (κ1) is 37.0. The SMILES string of the molecule is CC(C)=CC1=CC(=O)OC1O.CC(C)=CC1=CC(=O)OC1O[C@@H]1C[C@H](C)CC[C@H]1C(C)C.CC(C)[C@@H]1CC[C@@H](C)C[C@H]1O. The number of rotatable bonds is 6. The second-order valence-corrected chi connectivity index (χ2v) is 14.2. The van der Waals surface area contributed by atoms with E-state index in [1.807, 2.05) is 33.8 Å². The summed E-state index contributed by atoms with van der Waals surface area (Å²) in [4.78, 5) is 22.1. The Kier molecular flexibility index (Phi) is 14.9. The Labute approximate surface area is 260 Å². The van der Waals surface area contributed by atoms with Gasteiger partial charge in [0.1, 0.15) is 0 Å². The Bertz CT molecular complexity index is 1040. The Morgan fingerprint density at radius 3 is 1.74 bits per heavy atom. The number of carbonyl (C=O) groups is 2. The van der Waals surface area contributed by atoms with E-state index in [1.54, 1.807) is 12.2 Å². The van der Waals surface area contributed by atoms with Gasteiger partial charge in [-0.2, -0.15) is 0 Å². The third-order valence-corrected chi connectivity index (χ3v) is 8.73. The quantitative estimate of drug-likeness (QED) is 0.305. The molecule has 2 aliphatic carbocycles. The number of hydrogen-bond acceptors (Lipinski definition) is 7. The predicted octanol–water partition coefficient (Wildman–Crippen LogP) is 7.43. The minimum Gasteiger partial charge on any atom is -0.428 e. The molecule has 0 bridgehead atoms. The van der Waals surface area contributed by atoms with Gasteiger partial charge in [-0.1, -0.05) is 77.7 Å². The van der Waals surface area contributed by atoms with Gasteiger partial charge in [-0.3, -0.25) is 0 Å². The Morgan fingerprint density at radius 1 is 0.767 bits per heavy atom. The van der Waals surface area contributed by atoms with Crippen LogP contribution < -0.4 is 0 Å². The van der Waals surface area contributed by atoms with E-state index in [0.717, 1.165) is 35.5 Å². The molecule has 2 N–H and O–H groups in total. The highest BCUT2D eigenvalue weighted by atomic mass is 16.7. The molecule has 8 atom stereocenters. The van der Waals surface area contributed by atoms with Crippen LogP contribution in [0, 0.1) is 35.5 Å². The molecule has 7 nitrogen and oxygen atoms in total. The van der Waals surface area contributed by atoms with Crippen molar-refractivity contribution in [1.82, 2.24) is 0 Å². The summed E-state index contributed by atoms with van der Waals surface area (Å²) in [7, 11) is 0. The molecule has 0 saturated heterocycles. The van der Waals surface area contributed by atoms with Gasteiger partial charge in [0, 0.05) is 23.3 Å². The van der Waals surface area contributed by atoms with Crippen LogP contribution in [-0.4, -0.2) is 46.9 Å². The van der Waals surface area contributed by atoms with Crippen molar-refractivity contribution in [3.05, 3.63) is 46.6 Å². The van der Waals surface area contributed by atoms with Gasteiger partial charge in [0.05, 0.1) is 12.2 Å². The number of esters is 2. The molecule has 7 heteroatoms. The van der Waals surface area contributed by atoms with Crippen molar-refractivity contribution in [3.63, 3.8) is 0 Å². The van der Waals surface area contributed by atoms with E-state index < -0.39 is 18.5 Å². The van der Waals surface area contributed by atoms with Crippen molar-refractivity contribution in [1.29, 1.82) is 0 Å². The van der Waals surface area contributed by atoms with Crippen LogP contribution in [0.2, 0.25) is 0 Å². The molecule has 2 heterocycles. The normalized spacial score (nSPS) is 32.0. The predicted molar refractivity (Wildman–Crippen MR) is 171 cm³/mol. The van der Waals surface area contributed by atoms with Gasteiger partial charge in [0.25, 0.3) is 0 Å². The summed E-state index contributed by atoms with van der Waals surface area (Å²) >= 11 is 0. The van der Waals surface area contributed by atoms with Gasteiger partial charge >= 0.3 is 11.9 Å². The Balaban J connectivity index is 0.000000247. The fourth-order valence-corrected chi connectivity index (χ4v) is 6.41. The number of cyclic esters (lactones) is 2. The first-order valence-corrected chi connectivity index (χ1v) is 16.2. The highest BCUT2D eigenvalue weighted by Crippen LogP contribution is 2.37. The number of carbonyl (C=O) groups excluding carboxylic acids is 2. The Hall–Kier alpha value is -2.22. The third-order valence-electron chi connectivity index (χ3n) is 8.73. The van der Waals surface area contributed by atoms with Crippen LogP contribution in [-0.2, 0) is 23.8 Å². The van der Waals surface area contributed by atoms with E-state index in [4.69, 9.17) is 14.6 Å². The maximum Gasteiger partial charge on any atom is 0.333 e. The molecule has 43 heavy (non-hydrogen) atoms. The van der Waals surface area contributed by atoms with Gasteiger partial charge in [0.2, 0.25) is 12.6 Å². The summed E-state index contributed by atoms with van der Waals surface area (Å²) in [5, 5.41) is 18.8. The van der Waals surface area contributed by atoms with Gasteiger partial charge < -0.3 is 24.4 Å². The molecule has 2 unspecified atom stereocenters. The van der Waals surface area contributed by atoms with Crippen molar-refractivity contribution in [3.8, 4) is 0 Å². The summed E-state index contributed by atoms with van der Waals surface area (Å²) in [6, 6.07) is 0. The topological polar surface area (TPSA) is 102 Å². The zero-order chi connectivity index (χ0) is 32.4. The lowest BCUT2D eigenvalue weighted by molar-refractivity contribution is -0.180. The summed E-state index contributed by atoms with van der Waals surface area (Å²) in [5.74, 6) is 2.99. The zero-order valence-electron chi connectivity index (χ0n) is 28.3. The van der Waals surface area contributed by atoms with Crippen LogP contribution in [0.15, 0.2) is 46.6 Å². The standard InChI is InChI=1S/C18H28O3.C10H20O.C8H10O3/c1-11(2)8-14-10-17(19)21-18(14)20-16-9-13(5)6-7-15(16)12(3)4;1-7(2)9-5-4-8(3)6-10(9)11;1-5(2)3-6-4-7(9)11-8(6)10/h8,10,12-13,15-16,18H,6-7,9H2,1-5H3;7-11H,4-6H2,1-3H3;3-4,8,10H,1-2H3/t13-,15+,16-,18?;8-,9+,10-;/m11./s1. The second-order valence-electron chi connectivity index (χ2n) is 14.2. The lowest BCUT2D eigenvalue weighted by Gasteiger charge is -2.38. The Morgan fingerprint density at radius 2 is 1.26 bits per heavy atom. The molecular weight excluding hydrogens is 544 g/mol. The van der Waals surface area contributed by atoms with E-state index in [0.29, 0.717) is 35.2 Å². The van der Waals surface area contributed by atoms with Crippen LogP contribution in [0.4, 0.5) is 0 Å². The van der Waals surface area contributed by atoms with Crippen LogP contribution in [0.1, 0.15) is 108 Å². The van der Waals surface area contributed by atoms with Crippen LogP contribution in [0.5, 0.6) is 0 Å². The molecule has 0 radical (unpaired) electrons. The van der Waals surface area contributed by atoms with E-state index >= 15 is 0 Å². The third kappa shape index (κ3) is 12.4. The number of aliphatic hydroxyl groups excluding tert-OH is 2. The van der Waals surface area contributed by atoms with Crippen molar-refractivity contribution in [2.75, 3.05) is 0 Å². The molecule has 0 aromatic carbocycles. The average molecular weight is 603 g/mol. The van der Waals surface area contributed by atoms with Gasteiger partial charge in [-0.15, -0.1) is 0 Å². The lowest BCUT2D eigenvalue weighted by atomic mass is 9.75. The first-order valence-electron chi connectivity index (χ1n) is 16.2. The fourth-order valence-electron chi connectivity index (χ4n) is 6.41. The molecule has 0 amide bonds. The maximum absolute atomic E-state index is 11.6. The lowest BCUT2D eigenvalue weighted by Crippen LogP contribution is -2.37. The second kappa shape index (κ2) is 17.3. The first-order chi connectivity index (χ1) is 20.1. The summed E-state index contributed by atoms with van der Waals surface area (Å²) in [5.41, 5.74) is 3.54. The van der Waals surface area contributed by atoms with Crippen molar-refractivity contribution in [2.45, 2.75) is 133 Å². The molecule has 244 valence electrons. The molecule has 2 fully saturated rings. The molecule has 4 aliphatic rings. The average Bonchev–Trinajstić information content (AvgIpc) is 3.37. The molecule has 4 rings (SSSR count). The monoisotopic (exact) mass is 602 g/mol. The van der Waals surface area contributed by atoms with Crippen molar-refractivity contribution in [2.24, 2.45) is 35.5 Å². The van der Waals surface area contributed by atoms with E-state index in [-0.39, 0.29) is 18.2 Å². The molecular formula is C36H58O7. The summed E-state index contributed by atoms with van der Waals surface area (Å²) < 4.78 is 16.0. The van der Waals surface area contributed by atoms with Gasteiger partial charge in [0.15, 0.2) is 0 Å². The molecule has 2 aliphatic heterocycles. The number of aliphatic hydroxyl groups is 2. The molecule has 2 saturated carbocycles. The van der Waals surface area contributed by atoms with Crippen molar-refractivity contribution >= 4 is 11.9 Å². The minimum atomic E-state index is -1.07. The molecule has 0 aromatic heterocycles. The van der Waals surface area contributed by atoms with Crippen LogP contribution in [0.3, 0.4) is 0 Å². The van der Waals surface area contributed by atoms with E-state index in [9.17, 15) is 14.7 Å². The fraction of sp³-hybridized carbons (Fsp3) is 0.722. The van der Waals surface area contributed by atoms with Crippen LogP contribution in [0.25, 0.3) is 0 Å². The summed E-state index contributed by atoms with van der Waals surface area (Å²) in [6.07, 6.45) is 12.2. The molecule has 0 spiro atoms. The van der Waals surface area contributed by atoms with Gasteiger partial charge in [-0.25, -0.2) is 9.59 Å². The smallest absolute Gasteiger partial charge is 0.333 e. The number of hydrogen-bond donors (Lipinski definition) is 2. The zero-order valence-corrected chi connectivity index (χ0v) is 28.3. The van der Waals surface area contributed by atoms with Crippen LogP contribution >= 0.6 is 0 Å². The van der Waals surface area contributed by atoms with Crippen molar-refractivity contribution < 1.29 is 34.0 Å². The van der Waals surface area contributed by atoms with Gasteiger partial charge in [-0.05, 0) is 88.9 Å². The minimum absolute atomic E-state index is 0.0289. The van der Waals surface area contributed by atoms with E-state index in [2.05, 4.69) is 46.3 Å². The molecule has 0 aromatic rings. The van der Waals surface area contributed by atoms with E-state index in [1.165, 1.54) is 31.8 Å². The maximum atomic E-state index is 11.6. The summed E-state index contributed by atoms with van der Waals surface area (Å²) in [6.45, 7) is 21.2. The highest BCUT2D eigenvalue weighted by molar-refractivity contribution is 5.86. The highest BCUT2D eigenvalue weighted by Gasteiger charge is 2.36. The number of ether oxygens (including phenoxy) is 3.